The van der Waals surface area contributed by atoms with Crippen molar-refractivity contribution in [2.24, 2.45) is 0 Å². The zero-order valence-electron chi connectivity index (χ0n) is 20.3. The molecule has 5 rings (SSSR count). The van der Waals surface area contributed by atoms with Gasteiger partial charge in [0.1, 0.15) is 6.07 Å². The van der Waals surface area contributed by atoms with Gasteiger partial charge in [0.2, 0.25) is 0 Å². The van der Waals surface area contributed by atoms with Crippen LogP contribution in [0.15, 0.2) is 61.1 Å². The van der Waals surface area contributed by atoms with E-state index in [9.17, 15) is 5.26 Å². The van der Waals surface area contributed by atoms with Crippen LogP contribution >= 0.6 is 0 Å². The molecule has 6 nitrogen and oxygen atoms in total. The lowest BCUT2D eigenvalue weighted by Gasteiger charge is -2.32. The molecule has 35 heavy (non-hydrogen) atoms. The van der Waals surface area contributed by atoms with Crippen LogP contribution in [-0.2, 0) is 6.54 Å². The van der Waals surface area contributed by atoms with Gasteiger partial charge in [-0.15, -0.1) is 0 Å². The molecule has 0 spiro atoms. The Balaban J connectivity index is 1.44. The van der Waals surface area contributed by atoms with Crippen molar-refractivity contribution in [1.29, 1.82) is 5.26 Å². The van der Waals surface area contributed by atoms with Gasteiger partial charge >= 0.3 is 0 Å². The molecule has 0 bridgehead atoms. The fraction of sp³-hybridized carbons (Fsp3) is 0.241. The Morgan fingerprint density at radius 1 is 1.03 bits per heavy atom. The van der Waals surface area contributed by atoms with Gasteiger partial charge in [-0.1, -0.05) is 36.4 Å². The minimum absolute atomic E-state index is 0.520. The number of pyridine rings is 1. The molecule has 0 saturated carbocycles. The van der Waals surface area contributed by atoms with E-state index in [0.29, 0.717) is 5.56 Å². The summed E-state index contributed by atoms with van der Waals surface area (Å²) in [6, 6.07) is 17.0. The Morgan fingerprint density at radius 3 is 2.66 bits per heavy atom. The van der Waals surface area contributed by atoms with E-state index < -0.39 is 0 Å². The second kappa shape index (κ2) is 10.1. The van der Waals surface area contributed by atoms with Gasteiger partial charge in [-0.25, -0.2) is 0 Å². The van der Waals surface area contributed by atoms with Crippen LogP contribution in [0.1, 0.15) is 27.8 Å². The van der Waals surface area contributed by atoms with Crippen LogP contribution in [0.3, 0.4) is 0 Å². The number of anilines is 2. The van der Waals surface area contributed by atoms with Crippen molar-refractivity contribution < 1.29 is 0 Å². The smallest absolute Gasteiger partial charge is 0.103 e. The largest absolute Gasteiger partial charge is 0.361 e. The Labute approximate surface area is 206 Å². The van der Waals surface area contributed by atoms with Gasteiger partial charge in [-0.05, 0) is 48.9 Å². The Hall–Kier alpha value is -3.92. The molecule has 2 aromatic carbocycles. The number of aromatic amines is 1. The second-order valence-electron chi connectivity index (χ2n) is 9.18. The third kappa shape index (κ3) is 4.97. The molecule has 1 aliphatic rings. The molecule has 3 heterocycles. The van der Waals surface area contributed by atoms with Gasteiger partial charge in [0, 0.05) is 73.5 Å². The van der Waals surface area contributed by atoms with Crippen LogP contribution in [0.25, 0.3) is 23.1 Å². The van der Waals surface area contributed by atoms with E-state index in [4.69, 9.17) is 0 Å². The summed E-state index contributed by atoms with van der Waals surface area (Å²) in [5.41, 5.74) is 7.87. The van der Waals surface area contributed by atoms with Crippen LogP contribution < -0.4 is 5.32 Å². The predicted octanol–water partition coefficient (Wildman–Crippen LogP) is 5.40. The number of rotatable bonds is 6. The molecule has 1 aliphatic heterocycles. The summed E-state index contributed by atoms with van der Waals surface area (Å²) >= 11 is 0. The average Bonchev–Trinajstić information content (AvgIpc) is 3.37. The number of nitriles is 1. The van der Waals surface area contributed by atoms with Crippen LogP contribution in [0.5, 0.6) is 0 Å². The fourth-order valence-electron chi connectivity index (χ4n) is 4.65. The zero-order chi connectivity index (χ0) is 24.2. The molecule has 176 valence electrons. The van der Waals surface area contributed by atoms with Gasteiger partial charge in [0.15, 0.2) is 0 Å². The zero-order valence-corrected chi connectivity index (χ0v) is 20.3. The van der Waals surface area contributed by atoms with Crippen LogP contribution in [0.2, 0.25) is 0 Å². The molecular weight excluding hydrogens is 432 g/mol. The molecule has 0 amide bonds. The maximum Gasteiger partial charge on any atom is 0.103 e. The van der Waals surface area contributed by atoms with E-state index in [2.05, 4.69) is 99.7 Å². The maximum absolute atomic E-state index is 9.79. The van der Waals surface area contributed by atoms with Crippen LogP contribution in [0.4, 0.5) is 11.4 Å². The van der Waals surface area contributed by atoms with Crippen molar-refractivity contribution in [1.82, 2.24) is 19.8 Å². The normalized spacial score (nSPS) is 15.0. The van der Waals surface area contributed by atoms with Crippen LogP contribution in [-0.4, -0.2) is 53.0 Å². The van der Waals surface area contributed by atoms with E-state index >= 15 is 0 Å². The topological polar surface area (TPSA) is 71.0 Å². The minimum Gasteiger partial charge on any atom is -0.361 e. The van der Waals surface area contributed by atoms with Crippen molar-refractivity contribution in [3.8, 4) is 6.07 Å². The van der Waals surface area contributed by atoms with Gasteiger partial charge in [-0.2, -0.15) is 5.26 Å². The number of piperazine rings is 1. The highest BCUT2D eigenvalue weighted by Crippen LogP contribution is 2.31. The molecule has 2 N–H and O–H groups in total. The van der Waals surface area contributed by atoms with Crippen molar-refractivity contribution in [3.05, 3.63) is 88.9 Å². The van der Waals surface area contributed by atoms with Crippen molar-refractivity contribution in [2.75, 3.05) is 38.5 Å². The minimum atomic E-state index is 0.520. The van der Waals surface area contributed by atoms with Gasteiger partial charge in [-0.3, -0.25) is 9.88 Å². The average molecular weight is 463 g/mol. The summed E-state index contributed by atoms with van der Waals surface area (Å²) in [6.45, 7) is 7.41. The Kier molecular flexibility index (Phi) is 6.62. The number of fused-ring (bicyclic) bond motifs is 1. The monoisotopic (exact) mass is 462 g/mol. The van der Waals surface area contributed by atoms with E-state index in [1.54, 1.807) is 6.20 Å². The Bertz CT molecular complexity index is 1400. The molecule has 0 radical (unpaired) electrons. The van der Waals surface area contributed by atoms with Gasteiger partial charge in [0.25, 0.3) is 0 Å². The first kappa shape index (κ1) is 22.9. The van der Waals surface area contributed by atoms with Gasteiger partial charge < -0.3 is 15.2 Å². The SMILES string of the molecule is Cc1c(Nc2c(C#N)cncc2C=Cc2ccccc2CN2CCN(C)CC2)ccc2[nH]ccc12. The number of likely N-dealkylation sites (N-methyl/N-ethyl adjacent to an activating group) is 1. The molecule has 2 aromatic heterocycles. The first-order valence-corrected chi connectivity index (χ1v) is 12.0. The number of aryl methyl sites for hydroxylation is 1. The molecule has 1 saturated heterocycles. The molecule has 6 heteroatoms. The number of hydrogen-bond acceptors (Lipinski definition) is 5. The first-order valence-electron chi connectivity index (χ1n) is 12.0. The van der Waals surface area contributed by atoms with Crippen molar-refractivity contribution in [2.45, 2.75) is 13.5 Å². The van der Waals surface area contributed by atoms with E-state index in [1.165, 1.54) is 11.1 Å². The van der Waals surface area contributed by atoms with E-state index in [-0.39, 0.29) is 0 Å². The van der Waals surface area contributed by atoms with Crippen LogP contribution in [0, 0.1) is 18.3 Å². The highest BCUT2D eigenvalue weighted by molar-refractivity contribution is 5.90. The predicted molar refractivity (Wildman–Crippen MR) is 143 cm³/mol. The molecule has 4 aromatic rings. The lowest BCUT2D eigenvalue weighted by Crippen LogP contribution is -2.43. The first-order chi connectivity index (χ1) is 17.1. The summed E-state index contributed by atoms with van der Waals surface area (Å²) in [7, 11) is 2.18. The number of benzene rings is 2. The number of H-pyrrole nitrogens is 1. The molecule has 0 unspecified atom stereocenters. The van der Waals surface area contributed by atoms with E-state index in [1.807, 2.05) is 12.4 Å². The number of nitrogens with zero attached hydrogens (tertiary/aromatic N) is 4. The summed E-state index contributed by atoms with van der Waals surface area (Å²) in [4.78, 5) is 12.5. The quantitative estimate of drug-likeness (QED) is 0.401. The van der Waals surface area contributed by atoms with E-state index in [0.717, 1.165) is 66.1 Å². The number of nitrogens with one attached hydrogen (secondary N) is 2. The van der Waals surface area contributed by atoms with Crippen molar-refractivity contribution in [3.63, 3.8) is 0 Å². The fourth-order valence-corrected chi connectivity index (χ4v) is 4.65. The number of hydrogen-bond donors (Lipinski definition) is 2. The summed E-state index contributed by atoms with van der Waals surface area (Å²) in [6.07, 6.45) is 9.57. The summed E-state index contributed by atoms with van der Waals surface area (Å²) in [5.74, 6) is 0. The summed E-state index contributed by atoms with van der Waals surface area (Å²) in [5, 5.41) is 14.5. The third-order valence-corrected chi connectivity index (χ3v) is 6.85. The molecular formula is C29H30N6. The maximum atomic E-state index is 9.79. The molecule has 0 aliphatic carbocycles. The summed E-state index contributed by atoms with van der Waals surface area (Å²) < 4.78 is 0. The van der Waals surface area contributed by atoms with Gasteiger partial charge in [0.05, 0.1) is 11.3 Å². The highest BCUT2D eigenvalue weighted by atomic mass is 15.2. The Morgan fingerprint density at radius 2 is 1.83 bits per heavy atom. The lowest BCUT2D eigenvalue weighted by molar-refractivity contribution is 0.148. The molecule has 0 atom stereocenters. The standard InChI is InChI=1S/C29H30N6/c1-21-26-11-12-32-28(26)10-9-27(21)33-29-23(18-31-19-25(29)17-30)8-7-22-5-3-4-6-24(22)20-35-15-13-34(2)14-16-35/h3-12,18-19,32H,13-16,20H2,1-2H3,(H,31,33). The molecule has 1 fully saturated rings. The number of aromatic nitrogens is 2. The third-order valence-electron chi connectivity index (χ3n) is 6.85. The lowest BCUT2D eigenvalue weighted by atomic mass is 10.0. The van der Waals surface area contributed by atoms with Crippen molar-refractivity contribution >= 4 is 34.4 Å². The second-order valence-corrected chi connectivity index (χ2v) is 9.18. The highest BCUT2D eigenvalue weighted by Gasteiger charge is 2.15.